The first-order chi connectivity index (χ1) is 11.0. The highest BCUT2D eigenvalue weighted by Gasteiger charge is 2.46. The Hall–Kier alpha value is -0.955. The van der Waals surface area contributed by atoms with Gasteiger partial charge in [-0.3, -0.25) is 0 Å². The molecule has 1 N–H and O–H groups in total. The van der Waals surface area contributed by atoms with Gasteiger partial charge in [-0.1, -0.05) is 11.6 Å². The normalized spacial score (nSPS) is 24.0. The molecule has 2 bridgehead atoms. The van der Waals surface area contributed by atoms with E-state index >= 15 is 0 Å². The van der Waals surface area contributed by atoms with E-state index in [0.29, 0.717) is 22.3 Å². The molecule has 2 atom stereocenters. The smallest absolute Gasteiger partial charge is 0.376 e. The lowest BCUT2D eigenvalue weighted by Gasteiger charge is -2.35. The van der Waals surface area contributed by atoms with Gasteiger partial charge in [0, 0.05) is 30.6 Å². The second kappa shape index (κ2) is 5.55. The number of halogens is 3. The minimum absolute atomic E-state index is 0.222. The first-order valence-corrected chi connectivity index (χ1v) is 8.63. The molecule has 2 fully saturated rings. The monoisotopic (exact) mass is 398 g/mol. The molecule has 5 nitrogen and oxygen atoms in total. The highest BCUT2D eigenvalue weighted by molar-refractivity contribution is 9.10. The lowest BCUT2D eigenvalue weighted by atomic mass is 9.84. The molecule has 0 radical (unpaired) electrons. The Morgan fingerprint density at radius 3 is 2.83 bits per heavy atom. The third-order valence-corrected chi connectivity index (χ3v) is 6.08. The Labute approximate surface area is 146 Å². The summed E-state index contributed by atoms with van der Waals surface area (Å²) in [6.07, 6.45) is 2.36. The third kappa shape index (κ3) is 2.35. The van der Waals surface area contributed by atoms with Gasteiger partial charge in [-0.25, -0.2) is 14.4 Å². The van der Waals surface area contributed by atoms with Crippen molar-refractivity contribution in [2.45, 2.75) is 25.3 Å². The molecule has 0 unspecified atom stereocenters. The maximum absolute atomic E-state index is 14.4. The average molecular weight is 399 g/mol. The fourth-order valence-electron chi connectivity index (χ4n) is 3.74. The summed E-state index contributed by atoms with van der Waals surface area (Å²) in [5, 5.41) is 10.7. The molecule has 120 valence electrons. The molecule has 0 amide bonds. The summed E-state index contributed by atoms with van der Waals surface area (Å²) < 4.78 is 14.6. The fourth-order valence-corrected chi connectivity index (χ4v) is 4.23. The van der Waals surface area contributed by atoms with Crippen molar-refractivity contribution in [2.75, 3.05) is 18.0 Å². The van der Waals surface area contributed by atoms with E-state index in [1.165, 1.54) is 6.33 Å². The number of piperazine rings is 1. The van der Waals surface area contributed by atoms with Gasteiger partial charge < -0.3 is 14.7 Å². The number of nitrogens with zero attached hydrogens (tertiary/aromatic N) is 4. The van der Waals surface area contributed by atoms with Gasteiger partial charge >= 0.3 is 7.05 Å². The number of rotatable bonds is 2. The van der Waals surface area contributed by atoms with Crippen LogP contribution < -0.4 is 4.90 Å². The van der Waals surface area contributed by atoms with Crippen LogP contribution in [0.1, 0.15) is 6.42 Å². The van der Waals surface area contributed by atoms with Crippen molar-refractivity contribution in [2.24, 2.45) is 0 Å². The van der Waals surface area contributed by atoms with Crippen LogP contribution in [0.25, 0.3) is 10.9 Å². The first kappa shape index (κ1) is 15.6. The summed E-state index contributed by atoms with van der Waals surface area (Å²) in [7, 11) is -0.447. The van der Waals surface area contributed by atoms with E-state index in [-0.39, 0.29) is 16.0 Å². The van der Waals surface area contributed by atoms with Crippen LogP contribution >= 0.6 is 27.5 Å². The molecule has 1 aromatic carbocycles. The lowest BCUT2D eigenvalue weighted by Crippen LogP contribution is -2.51. The molecular formula is C14H14BBrClFN4O. The Kier molecular flexibility index (Phi) is 3.75. The van der Waals surface area contributed by atoms with Crippen molar-refractivity contribution in [1.29, 1.82) is 0 Å². The SMILES string of the molecule is CB(O)N1C[C@@H]2C[C@H]1CN2c1ncnc2c(F)c(Br)c(Cl)cc12. The lowest BCUT2D eigenvalue weighted by molar-refractivity contribution is 0.328. The van der Waals surface area contributed by atoms with Gasteiger partial charge in [0.25, 0.3) is 0 Å². The predicted octanol–water partition coefficient (Wildman–Crippen LogP) is 2.56. The van der Waals surface area contributed by atoms with Crippen molar-refractivity contribution in [3.8, 4) is 0 Å². The van der Waals surface area contributed by atoms with Crippen molar-refractivity contribution >= 4 is 51.3 Å². The Balaban J connectivity index is 1.77. The molecule has 1 aromatic heterocycles. The maximum atomic E-state index is 14.4. The zero-order chi connectivity index (χ0) is 16.3. The average Bonchev–Trinajstić information content (AvgIpc) is 3.12. The third-order valence-electron chi connectivity index (χ3n) is 4.78. The van der Waals surface area contributed by atoms with Crippen LogP contribution in [0.2, 0.25) is 11.8 Å². The van der Waals surface area contributed by atoms with E-state index in [1.54, 1.807) is 12.9 Å². The molecule has 4 rings (SSSR count). The van der Waals surface area contributed by atoms with Gasteiger partial charge in [-0.05, 0) is 35.2 Å². The molecule has 2 aromatic rings. The van der Waals surface area contributed by atoms with E-state index < -0.39 is 12.9 Å². The Morgan fingerprint density at radius 2 is 2.17 bits per heavy atom. The highest BCUT2D eigenvalue weighted by Crippen LogP contribution is 2.39. The zero-order valence-corrected chi connectivity index (χ0v) is 14.7. The molecule has 0 saturated carbocycles. The number of hydrogen-bond acceptors (Lipinski definition) is 5. The van der Waals surface area contributed by atoms with Crippen molar-refractivity contribution < 1.29 is 9.41 Å². The molecule has 2 aliphatic heterocycles. The largest absolute Gasteiger partial charge is 0.437 e. The van der Waals surface area contributed by atoms with Crippen molar-refractivity contribution in [1.82, 2.24) is 14.8 Å². The van der Waals surface area contributed by atoms with Crippen LogP contribution in [0, 0.1) is 5.82 Å². The van der Waals surface area contributed by atoms with Gasteiger partial charge in [0.05, 0.1) is 9.50 Å². The van der Waals surface area contributed by atoms with Gasteiger partial charge in [0.2, 0.25) is 0 Å². The summed E-state index contributed by atoms with van der Waals surface area (Å²) in [6.45, 7) is 3.33. The number of anilines is 1. The number of hydrogen-bond donors (Lipinski definition) is 1. The van der Waals surface area contributed by atoms with Crippen LogP contribution in [-0.2, 0) is 0 Å². The molecule has 2 aliphatic rings. The van der Waals surface area contributed by atoms with Gasteiger partial charge in [-0.15, -0.1) is 0 Å². The summed E-state index contributed by atoms with van der Waals surface area (Å²) >= 11 is 9.26. The Bertz CT molecular complexity index is 795. The maximum Gasteiger partial charge on any atom is 0.376 e. The zero-order valence-electron chi connectivity index (χ0n) is 12.4. The Morgan fingerprint density at radius 1 is 1.39 bits per heavy atom. The number of fused-ring (bicyclic) bond motifs is 3. The van der Waals surface area contributed by atoms with Crippen molar-refractivity contribution in [3.05, 3.63) is 27.7 Å². The molecule has 0 aliphatic carbocycles. The van der Waals surface area contributed by atoms with Gasteiger partial charge in [0.15, 0.2) is 5.82 Å². The number of benzene rings is 1. The molecule has 0 spiro atoms. The summed E-state index contributed by atoms with van der Waals surface area (Å²) in [6, 6.07) is 2.26. The van der Waals surface area contributed by atoms with Gasteiger partial charge in [-0.2, -0.15) is 0 Å². The second-order valence-electron chi connectivity index (χ2n) is 6.10. The predicted molar refractivity (Wildman–Crippen MR) is 92.3 cm³/mol. The van der Waals surface area contributed by atoms with E-state index in [9.17, 15) is 9.41 Å². The summed E-state index contributed by atoms with van der Waals surface area (Å²) in [4.78, 5) is 12.7. The van der Waals surface area contributed by atoms with E-state index in [1.807, 2.05) is 0 Å². The molecular weight excluding hydrogens is 385 g/mol. The van der Waals surface area contributed by atoms with Crippen LogP contribution in [0.4, 0.5) is 10.2 Å². The second-order valence-corrected chi connectivity index (χ2v) is 7.30. The number of aromatic nitrogens is 2. The fraction of sp³-hybridized carbons (Fsp3) is 0.429. The van der Waals surface area contributed by atoms with Crippen molar-refractivity contribution in [3.63, 3.8) is 0 Å². The summed E-state index contributed by atoms with van der Waals surface area (Å²) in [5.41, 5.74) is 0.265. The topological polar surface area (TPSA) is 52.5 Å². The van der Waals surface area contributed by atoms with E-state index in [4.69, 9.17) is 11.6 Å². The van der Waals surface area contributed by atoms with Gasteiger partial charge in [0.1, 0.15) is 17.7 Å². The summed E-state index contributed by atoms with van der Waals surface area (Å²) in [5.74, 6) is 0.243. The molecule has 23 heavy (non-hydrogen) atoms. The molecule has 2 saturated heterocycles. The minimum atomic E-state index is -0.467. The van der Waals surface area contributed by atoms with E-state index in [2.05, 4.69) is 35.6 Å². The van der Waals surface area contributed by atoms with Crippen LogP contribution in [0.15, 0.2) is 16.9 Å². The molecule has 3 heterocycles. The van der Waals surface area contributed by atoms with Crippen LogP contribution in [0.3, 0.4) is 0 Å². The highest BCUT2D eigenvalue weighted by atomic mass is 79.9. The standard InChI is InChI=1S/C14H14BBrClFN4O/c1-15(23)22-5-7-2-8(22)4-21(7)14-9-3-10(17)11(16)12(18)13(9)19-6-20-14/h3,6-8,23H,2,4-5H2,1H3/t7-,8-/m0/s1. The van der Waals surface area contributed by atoms with Crippen LogP contribution in [-0.4, -0.2) is 52.0 Å². The minimum Gasteiger partial charge on any atom is -0.437 e. The van der Waals surface area contributed by atoms with Crippen LogP contribution in [0.5, 0.6) is 0 Å². The molecule has 9 heteroatoms. The van der Waals surface area contributed by atoms with E-state index in [0.717, 1.165) is 19.5 Å². The first-order valence-electron chi connectivity index (χ1n) is 7.46. The quantitative estimate of drug-likeness (QED) is 0.621.